The average molecular weight is 155 g/mol. The van der Waals surface area contributed by atoms with Crippen molar-refractivity contribution in [3.05, 3.63) is 0 Å². The van der Waals surface area contributed by atoms with Gasteiger partial charge in [-0.15, -0.1) is 0 Å². The predicted molar refractivity (Wildman–Crippen MR) is 44.3 cm³/mol. The molecule has 1 aliphatic heterocycles. The number of rotatable bonds is 1. The number of nitrogens with two attached hydrogens (primary N) is 1. The van der Waals surface area contributed by atoms with Crippen molar-refractivity contribution < 1.29 is 4.74 Å². The maximum absolute atomic E-state index is 6.13. The zero-order chi connectivity index (χ0) is 7.90. The first-order chi connectivity index (χ1) is 5.21. The molecule has 2 atom stereocenters. The average Bonchev–Trinajstić information content (AvgIpc) is 2.70. The van der Waals surface area contributed by atoms with E-state index in [9.17, 15) is 0 Å². The first kappa shape index (κ1) is 7.56. The summed E-state index contributed by atoms with van der Waals surface area (Å²) >= 11 is 0. The Morgan fingerprint density at radius 1 is 1.45 bits per heavy atom. The number of hydrogen-bond donors (Lipinski definition) is 1. The Balaban J connectivity index is 1.93. The molecule has 1 aliphatic carbocycles. The van der Waals surface area contributed by atoms with Gasteiger partial charge in [0.2, 0.25) is 0 Å². The lowest BCUT2D eigenvalue weighted by molar-refractivity contribution is -0.00567. The highest BCUT2D eigenvalue weighted by Crippen LogP contribution is 2.44. The van der Waals surface area contributed by atoms with Gasteiger partial charge in [0.1, 0.15) is 0 Å². The lowest BCUT2D eigenvalue weighted by atomic mass is 9.87. The second kappa shape index (κ2) is 2.46. The van der Waals surface area contributed by atoms with Crippen LogP contribution in [0.3, 0.4) is 0 Å². The summed E-state index contributed by atoms with van der Waals surface area (Å²) < 4.78 is 5.48. The summed E-state index contributed by atoms with van der Waals surface area (Å²) in [6.45, 7) is 3.07. The summed E-state index contributed by atoms with van der Waals surface area (Å²) in [5.41, 5.74) is 6.35. The van der Waals surface area contributed by atoms with E-state index in [-0.39, 0.29) is 5.54 Å². The van der Waals surface area contributed by atoms with Gasteiger partial charge in [0, 0.05) is 12.1 Å². The molecule has 2 N–H and O–H groups in total. The van der Waals surface area contributed by atoms with E-state index in [2.05, 4.69) is 6.92 Å². The van der Waals surface area contributed by atoms with Gasteiger partial charge in [-0.2, -0.15) is 0 Å². The summed E-state index contributed by atoms with van der Waals surface area (Å²) in [4.78, 5) is 0. The third-order valence-electron chi connectivity index (χ3n) is 3.13. The van der Waals surface area contributed by atoms with Crippen molar-refractivity contribution in [2.45, 2.75) is 44.2 Å². The van der Waals surface area contributed by atoms with Gasteiger partial charge in [0.25, 0.3) is 0 Å². The maximum atomic E-state index is 6.13. The van der Waals surface area contributed by atoms with Crippen LogP contribution in [0, 0.1) is 5.92 Å². The Hall–Kier alpha value is -0.0800. The summed E-state index contributed by atoms with van der Waals surface area (Å²) in [6.07, 6.45) is 5.28. The lowest BCUT2D eigenvalue weighted by Crippen LogP contribution is -2.38. The molecule has 11 heavy (non-hydrogen) atoms. The molecule has 2 heteroatoms. The van der Waals surface area contributed by atoms with Crippen molar-refractivity contribution in [1.82, 2.24) is 0 Å². The van der Waals surface area contributed by atoms with Crippen LogP contribution in [0.15, 0.2) is 0 Å². The van der Waals surface area contributed by atoms with Crippen molar-refractivity contribution in [3.63, 3.8) is 0 Å². The van der Waals surface area contributed by atoms with E-state index in [0.29, 0.717) is 6.10 Å². The molecule has 0 amide bonds. The first-order valence-corrected chi connectivity index (χ1v) is 4.61. The molecule has 0 bridgehead atoms. The highest BCUT2D eigenvalue weighted by molar-refractivity contribution is 5.04. The molecular weight excluding hydrogens is 138 g/mol. The number of hydrogen-bond acceptors (Lipinski definition) is 2. The fourth-order valence-corrected chi connectivity index (χ4v) is 2.07. The van der Waals surface area contributed by atoms with Gasteiger partial charge in [-0.3, -0.25) is 0 Å². The molecule has 2 rings (SSSR count). The minimum absolute atomic E-state index is 0.220. The van der Waals surface area contributed by atoms with Crippen molar-refractivity contribution in [2.24, 2.45) is 11.7 Å². The van der Waals surface area contributed by atoms with E-state index >= 15 is 0 Å². The summed E-state index contributed by atoms with van der Waals surface area (Å²) in [5.74, 6) is 0.742. The smallest absolute Gasteiger partial charge is 0.0550 e. The fourth-order valence-electron chi connectivity index (χ4n) is 2.07. The Bertz CT molecular complexity index is 154. The minimum atomic E-state index is 0.220. The summed E-state index contributed by atoms with van der Waals surface area (Å²) in [6, 6.07) is 0. The molecule has 2 nitrogen and oxygen atoms in total. The van der Waals surface area contributed by atoms with Crippen molar-refractivity contribution in [2.75, 3.05) is 6.61 Å². The van der Waals surface area contributed by atoms with Crippen LogP contribution >= 0.6 is 0 Å². The Kier molecular flexibility index (Phi) is 1.69. The zero-order valence-electron chi connectivity index (χ0n) is 7.18. The van der Waals surface area contributed by atoms with E-state index in [1.165, 1.54) is 25.7 Å². The highest BCUT2D eigenvalue weighted by Gasteiger charge is 2.46. The third kappa shape index (κ3) is 1.42. The maximum Gasteiger partial charge on any atom is 0.0550 e. The van der Waals surface area contributed by atoms with Crippen LogP contribution in [0.1, 0.15) is 32.6 Å². The highest BCUT2D eigenvalue weighted by atomic mass is 16.5. The largest absolute Gasteiger partial charge is 0.378 e. The van der Waals surface area contributed by atoms with Crippen LogP contribution < -0.4 is 5.73 Å². The second-order valence-corrected chi connectivity index (χ2v) is 4.14. The minimum Gasteiger partial charge on any atom is -0.378 e. The molecule has 64 valence electrons. The molecule has 0 aromatic heterocycles. The normalized spacial score (nSPS) is 42.0. The van der Waals surface area contributed by atoms with E-state index < -0.39 is 0 Å². The van der Waals surface area contributed by atoms with E-state index in [1.54, 1.807) is 0 Å². The predicted octanol–water partition coefficient (Wildman–Crippen LogP) is 1.29. The zero-order valence-corrected chi connectivity index (χ0v) is 7.18. The van der Waals surface area contributed by atoms with Crippen molar-refractivity contribution >= 4 is 0 Å². The molecule has 1 saturated heterocycles. The van der Waals surface area contributed by atoms with Crippen molar-refractivity contribution in [1.29, 1.82) is 0 Å². The third-order valence-corrected chi connectivity index (χ3v) is 3.13. The standard InChI is InChI=1S/C9H17NO/c1-7-6-8(2-5-11-7)9(10)3-4-9/h7-8H,2-6,10H2,1H3. The topological polar surface area (TPSA) is 35.2 Å². The molecule has 0 spiro atoms. The van der Waals surface area contributed by atoms with E-state index in [0.717, 1.165) is 12.5 Å². The van der Waals surface area contributed by atoms with Gasteiger partial charge in [-0.25, -0.2) is 0 Å². The number of ether oxygens (including phenoxy) is 1. The summed E-state index contributed by atoms with van der Waals surface area (Å²) in [5, 5.41) is 0. The van der Waals surface area contributed by atoms with Gasteiger partial charge in [-0.1, -0.05) is 0 Å². The van der Waals surface area contributed by atoms with Crippen molar-refractivity contribution in [3.8, 4) is 0 Å². The Morgan fingerprint density at radius 2 is 2.18 bits per heavy atom. The van der Waals surface area contributed by atoms with Crippen LogP contribution in [-0.4, -0.2) is 18.2 Å². The van der Waals surface area contributed by atoms with Crippen LogP contribution in [0.5, 0.6) is 0 Å². The van der Waals surface area contributed by atoms with Crippen LogP contribution in [0.4, 0.5) is 0 Å². The van der Waals surface area contributed by atoms with Gasteiger partial charge in [0.15, 0.2) is 0 Å². The molecule has 2 aliphatic rings. The first-order valence-electron chi connectivity index (χ1n) is 4.61. The molecular formula is C9H17NO. The fraction of sp³-hybridized carbons (Fsp3) is 1.00. The molecule has 2 fully saturated rings. The quantitative estimate of drug-likeness (QED) is 0.619. The second-order valence-electron chi connectivity index (χ2n) is 4.14. The Morgan fingerprint density at radius 3 is 2.73 bits per heavy atom. The van der Waals surface area contributed by atoms with Gasteiger partial charge in [-0.05, 0) is 38.5 Å². The SMILES string of the molecule is CC1CC(C2(N)CC2)CCO1. The monoisotopic (exact) mass is 155 g/mol. The molecule has 0 aromatic carbocycles. The van der Waals surface area contributed by atoms with Gasteiger partial charge in [0.05, 0.1) is 6.10 Å². The van der Waals surface area contributed by atoms with Crippen LogP contribution in [-0.2, 0) is 4.74 Å². The molecule has 0 aromatic rings. The van der Waals surface area contributed by atoms with Gasteiger partial charge < -0.3 is 10.5 Å². The molecule has 1 saturated carbocycles. The van der Waals surface area contributed by atoms with E-state index in [1.807, 2.05) is 0 Å². The Labute approximate surface area is 68.1 Å². The molecule has 1 heterocycles. The summed E-state index contributed by atoms with van der Waals surface area (Å²) in [7, 11) is 0. The molecule has 2 unspecified atom stereocenters. The molecule has 0 radical (unpaired) electrons. The van der Waals surface area contributed by atoms with Gasteiger partial charge >= 0.3 is 0 Å². The van der Waals surface area contributed by atoms with E-state index in [4.69, 9.17) is 10.5 Å². The van der Waals surface area contributed by atoms with Crippen LogP contribution in [0.2, 0.25) is 0 Å². The lowest BCUT2D eigenvalue weighted by Gasteiger charge is -2.31. The van der Waals surface area contributed by atoms with Crippen LogP contribution in [0.25, 0.3) is 0 Å².